The van der Waals surface area contributed by atoms with Crippen molar-refractivity contribution in [2.75, 3.05) is 33.9 Å². The van der Waals surface area contributed by atoms with Gasteiger partial charge in [-0.15, -0.1) is 0 Å². The van der Waals surface area contributed by atoms with Gasteiger partial charge in [0.25, 0.3) is 0 Å². The molecule has 0 saturated carbocycles. The summed E-state index contributed by atoms with van der Waals surface area (Å²) in [5.41, 5.74) is 3.89. The van der Waals surface area contributed by atoms with Crippen molar-refractivity contribution in [3.8, 4) is 5.75 Å². The molecule has 1 saturated heterocycles. The molecule has 0 spiro atoms. The minimum absolute atomic E-state index is 0.168. The summed E-state index contributed by atoms with van der Waals surface area (Å²) in [4.78, 5) is 24.8. The molecular weight excluding hydrogens is 322 g/mol. The van der Waals surface area contributed by atoms with Crippen LogP contribution < -0.4 is 4.74 Å². The molecule has 0 bridgehead atoms. The average molecular weight is 347 g/mol. The minimum atomic E-state index is -0.302. The molecular formula is C19H25NO5. The lowest BCUT2D eigenvalue weighted by Crippen LogP contribution is -2.24. The van der Waals surface area contributed by atoms with E-state index in [4.69, 9.17) is 14.2 Å². The van der Waals surface area contributed by atoms with Gasteiger partial charge < -0.3 is 19.1 Å². The van der Waals surface area contributed by atoms with Gasteiger partial charge in [0.2, 0.25) is 0 Å². The Morgan fingerprint density at radius 2 is 2.12 bits per heavy atom. The zero-order valence-electron chi connectivity index (χ0n) is 15.3. The fraction of sp³-hybridized carbons (Fsp3) is 0.474. The molecule has 1 aliphatic heterocycles. The van der Waals surface area contributed by atoms with Crippen LogP contribution in [0.25, 0.3) is 5.57 Å². The summed E-state index contributed by atoms with van der Waals surface area (Å²) in [6.07, 6.45) is 2.76. The Morgan fingerprint density at radius 3 is 2.72 bits per heavy atom. The molecule has 1 aromatic rings. The highest BCUT2D eigenvalue weighted by molar-refractivity contribution is 5.75. The second-order valence-corrected chi connectivity index (χ2v) is 6.02. The summed E-state index contributed by atoms with van der Waals surface area (Å²) < 4.78 is 15.1. The molecule has 0 N–H and O–H groups in total. The van der Waals surface area contributed by atoms with Crippen molar-refractivity contribution in [1.29, 1.82) is 0 Å². The van der Waals surface area contributed by atoms with Gasteiger partial charge >= 0.3 is 12.1 Å². The van der Waals surface area contributed by atoms with Gasteiger partial charge in [0.15, 0.2) is 0 Å². The van der Waals surface area contributed by atoms with Crippen LogP contribution in [0.3, 0.4) is 0 Å². The van der Waals surface area contributed by atoms with Crippen molar-refractivity contribution in [3.63, 3.8) is 0 Å². The van der Waals surface area contributed by atoms with Crippen LogP contribution in [0, 0.1) is 6.92 Å². The summed E-state index contributed by atoms with van der Waals surface area (Å²) in [6.45, 7) is 5.73. The maximum absolute atomic E-state index is 11.6. The Kier molecular flexibility index (Phi) is 6.44. The van der Waals surface area contributed by atoms with Crippen molar-refractivity contribution in [3.05, 3.63) is 34.9 Å². The Labute approximate surface area is 148 Å². The van der Waals surface area contributed by atoms with Crippen LogP contribution in [-0.2, 0) is 20.7 Å². The molecule has 1 aromatic carbocycles. The number of aryl methyl sites for hydroxylation is 1. The monoisotopic (exact) mass is 347 g/mol. The normalized spacial score (nSPS) is 14.5. The van der Waals surface area contributed by atoms with E-state index in [1.807, 2.05) is 26.0 Å². The zero-order valence-corrected chi connectivity index (χ0v) is 15.3. The van der Waals surface area contributed by atoms with Gasteiger partial charge in [-0.25, -0.2) is 4.79 Å². The predicted octanol–water partition coefficient (Wildman–Crippen LogP) is 2.96. The standard InChI is InChI=1S/C19H25NO5/c1-13(6-5-7-20-8-9-25-19(20)22)15-10-14(2)18(24-4)16(11-15)12-17(21)23-3/h6,10-11H,5,7-9,12H2,1-4H3/b13-6-. The maximum Gasteiger partial charge on any atom is 0.409 e. The van der Waals surface area contributed by atoms with Crippen molar-refractivity contribution < 1.29 is 23.8 Å². The number of nitrogens with zero attached hydrogens (tertiary/aromatic N) is 1. The number of cyclic esters (lactones) is 1. The number of hydrogen-bond acceptors (Lipinski definition) is 5. The number of carbonyl (C=O) groups excluding carboxylic acids is 2. The van der Waals surface area contributed by atoms with Gasteiger partial charge in [-0.3, -0.25) is 4.79 Å². The molecule has 2 rings (SSSR count). The number of hydrogen-bond donors (Lipinski definition) is 0. The van der Waals surface area contributed by atoms with E-state index in [0.717, 1.165) is 28.7 Å². The molecule has 0 radical (unpaired) electrons. The third kappa shape index (κ3) is 4.75. The number of amides is 1. The first-order valence-electron chi connectivity index (χ1n) is 8.29. The number of carbonyl (C=O) groups is 2. The Bertz CT molecular complexity index is 681. The lowest BCUT2D eigenvalue weighted by Gasteiger charge is -2.14. The Morgan fingerprint density at radius 1 is 1.36 bits per heavy atom. The van der Waals surface area contributed by atoms with Gasteiger partial charge in [0, 0.05) is 12.1 Å². The van der Waals surface area contributed by atoms with E-state index >= 15 is 0 Å². The van der Waals surface area contributed by atoms with Crippen molar-refractivity contribution in [2.24, 2.45) is 0 Å². The van der Waals surface area contributed by atoms with Crippen LogP contribution in [0.15, 0.2) is 18.2 Å². The maximum atomic E-state index is 11.6. The van der Waals surface area contributed by atoms with Crippen LogP contribution in [0.1, 0.15) is 30.0 Å². The fourth-order valence-corrected chi connectivity index (χ4v) is 2.91. The first kappa shape index (κ1) is 18.8. The first-order valence-corrected chi connectivity index (χ1v) is 8.29. The Balaban J connectivity index is 2.14. The van der Waals surface area contributed by atoms with E-state index in [2.05, 4.69) is 6.08 Å². The smallest absolute Gasteiger partial charge is 0.409 e. The lowest BCUT2D eigenvalue weighted by atomic mass is 9.97. The molecule has 1 heterocycles. The first-order chi connectivity index (χ1) is 12.0. The number of rotatable bonds is 7. The van der Waals surface area contributed by atoms with Crippen LogP contribution in [0.4, 0.5) is 4.79 Å². The number of esters is 1. The summed E-state index contributed by atoms with van der Waals surface area (Å²) in [5, 5.41) is 0. The summed E-state index contributed by atoms with van der Waals surface area (Å²) in [6, 6.07) is 3.99. The largest absolute Gasteiger partial charge is 0.496 e. The van der Waals surface area contributed by atoms with Crippen molar-refractivity contribution >= 4 is 17.6 Å². The fourth-order valence-electron chi connectivity index (χ4n) is 2.91. The van der Waals surface area contributed by atoms with E-state index in [1.54, 1.807) is 12.0 Å². The SMILES string of the molecule is COC(=O)Cc1cc(/C(C)=C\CCN2CCOC2=O)cc(C)c1OC. The summed E-state index contributed by atoms with van der Waals surface area (Å²) >= 11 is 0. The van der Waals surface area contributed by atoms with Crippen LogP contribution >= 0.6 is 0 Å². The van der Waals surface area contributed by atoms with Gasteiger partial charge in [0.1, 0.15) is 12.4 Å². The number of benzene rings is 1. The van der Waals surface area contributed by atoms with Gasteiger partial charge in [-0.2, -0.15) is 0 Å². The van der Waals surface area contributed by atoms with Crippen molar-refractivity contribution in [2.45, 2.75) is 26.7 Å². The lowest BCUT2D eigenvalue weighted by molar-refractivity contribution is -0.139. The highest BCUT2D eigenvalue weighted by Crippen LogP contribution is 2.29. The van der Waals surface area contributed by atoms with Gasteiger partial charge in [0.05, 0.1) is 27.2 Å². The van der Waals surface area contributed by atoms with E-state index in [-0.39, 0.29) is 18.5 Å². The molecule has 6 nitrogen and oxygen atoms in total. The Hall–Kier alpha value is -2.50. The third-order valence-corrected chi connectivity index (χ3v) is 4.27. The predicted molar refractivity (Wildman–Crippen MR) is 94.6 cm³/mol. The van der Waals surface area contributed by atoms with Crippen LogP contribution in [0.2, 0.25) is 0 Å². The summed E-state index contributed by atoms with van der Waals surface area (Å²) in [5.74, 6) is 0.408. The molecule has 1 aliphatic rings. The molecule has 1 fully saturated rings. The summed E-state index contributed by atoms with van der Waals surface area (Å²) in [7, 11) is 2.97. The molecule has 0 aromatic heterocycles. The number of ether oxygens (including phenoxy) is 3. The van der Waals surface area contributed by atoms with E-state index < -0.39 is 0 Å². The van der Waals surface area contributed by atoms with Crippen LogP contribution in [0.5, 0.6) is 5.75 Å². The topological polar surface area (TPSA) is 65.1 Å². The van der Waals surface area contributed by atoms with E-state index in [0.29, 0.717) is 25.4 Å². The molecule has 0 aliphatic carbocycles. The third-order valence-electron chi connectivity index (χ3n) is 4.27. The quantitative estimate of drug-likeness (QED) is 0.710. The average Bonchev–Trinajstić information content (AvgIpc) is 2.99. The van der Waals surface area contributed by atoms with Crippen molar-refractivity contribution in [1.82, 2.24) is 4.90 Å². The second kappa shape index (κ2) is 8.55. The highest BCUT2D eigenvalue weighted by atomic mass is 16.6. The molecule has 0 atom stereocenters. The minimum Gasteiger partial charge on any atom is -0.496 e. The van der Waals surface area contributed by atoms with Gasteiger partial charge in [-0.1, -0.05) is 6.08 Å². The second-order valence-electron chi connectivity index (χ2n) is 6.02. The number of allylic oxidation sites excluding steroid dienone is 1. The molecule has 136 valence electrons. The zero-order chi connectivity index (χ0) is 18.4. The van der Waals surface area contributed by atoms with E-state index in [1.165, 1.54) is 7.11 Å². The molecule has 1 amide bonds. The highest BCUT2D eigenvalue weighted by Gasteiger charge is 2.20. The van der Waals surface area contributed by atoms with E-state index in [9.17, 15) is 9.59 Å². The van der Waals surface area contributed by atoms with Gasteiger partial charge in [-0.05, 0) is 49.1 Å². The molecule has 6 heteroatoms. The number of methoxy groups -OCH3 is 2. The molecule has 0 unspecified atom stereocenters. The van der Waals surface area contributed by atoms with Crippen LogP contribution in [-0.4, -0.2) is 50.9 Å². The molecule has 25 heavy (non-hydrogen) atoms.